The summed E-state index contributed by atoms with van der Waals surface area (Å²) in [6.45, 7) is 7.25. The number of amides is 2. The number of benzene rings is 2. The predicted octanol–water partition coefficient (Wildman–Crippen LogP) is 4.40. The molecule has 1 aliphatic rings. The Bertz CT molecular complexity index is 1830. The molecular formula is C36H46N6O5S. The first-order chi connectivity index (χ1) is 23.0. The first-order valence-corrected chi connectivity index (χ1v) is 18.5. The Morgan fingerprint density at radius 1 is 0.896 bits per heavy atom. The molecule has 0 radical (unpaired) electrons. The molecule has 0 unspecified atom stereocenters. The van der Waals surface area contributed by atoms with Crippen LogP contribution in [0.2, 0.25) is 0 Å². The fourth-order valence-electron chi connectivity index (χ4n) is 6.19. The van der Waals surface area contributed by atoms with Crippen molar-refractivity contribution in [1.82, 2.24) is 29.1 Å². The van der Waals surface area contributed by atoms with Crippen molar-refractivity contribution in [3.05, 3.63) is 83.4 Å². The van der Waals surface area contributed by atoms with E-state index in [1.807, 2.05) is 70.4 Å². The predicted molar refractivity (Wildman–Crippen MR) is 184 cm³/mol. The lowest BCUT2D eigenvalue weighted by Gasteiger charge is -2.26. The smallest absolute Gasteiger partial charge is 0.227 e. The summed E-state index contributed by atoms with van der Waals surface area (Å²) in [7, 11) is -1.40. The summed E-state index contributed by atoms with van der Waals surface area (Å²) < 4.78 is 33.8. The van der Waals surface area contributed by atoms with Gasteiger partial charge in [0, 0.05) is 76.1 Å². The van der Waals surface area contributed by atoms with E-state index in [0.29, 0.717) is 58.6 Å². The zero-order valence-electron chi connectivity index (χ0n) is 28.4. The fraction of sp³-hybridized carbons (Fsp3) is 0.444. The number of nitrogens with zero attached hydrogens (tertiary/aromatic N) is 6. The van der Waals surface area contributed by atoms with Crippen LogP contribution in [-0.4, -0.2) is 88.4 Å². The monoisotopic (exact) mass is 674 g/mol. The second kappa shape index (κ2) is 15.6. The Labute approximate surface area is 283 Å². The van der Waals surface area contributed by atoms with Crippen molar-refractivity contribution in [2.75, 3.05) is 39.0 Å². The molecule has 5 rings (SSSR count). The van der Waals surface area contributed by atoms with Crippen LogP contribution in [0.1, 0.15) is 48.2 Å². The molecule has 48 heavy (non-hydrogen) atoms. The lowest BCUT2D eigenvalue weighted by Crippen LogP contribution is -2.37. The van der Waals surface area contributed by atoms with Gasteiger partial charge in [-0.3, -0.25) is 14.3 Å². The molecule has 2 amide bonds. The molecule has 2 aromatic heterocycles. The second-order valence-corrected chi connectivity index (χ2v) is 14.5. The molecule has 0 fully saturated rings. The molecular weight excluding hydrogens is 629 g/mol. The second-order valence-electron chi connectivity index (χ2n) is 12.5. The van der Waals surface area contributed by atoms with Crippen molar-refractivity contribution in [3.63, 3.8) is 0 Å². The van der Waals surface area contributed by atoms with Gasteiger partial charge in [0.05, 0.1) is 23.6 Å². The summed E-state index contributed by atoms with van der Waals surface area (Å²) in [4.78, 5) is 35.8. The quantitative estimate of drug-likeness (QED) is 0.298. The standard InChI is InChI=1S/C36H46N6O5S/c1-27-33(28(2)39(3)38-27)15-16-34(43)40-18-5-6-19-41(35(44)25-29-11-13-32(14-12-29)48(4,45)46)22-23-42-21-17-37-36(42)30-9-7-10-31(26-30)47-24-8-20-40/h7,9-14,17,21,26H,5-6,8,15-16,18-20,22-25H2,1-4H3. The van der Waals surface area contributed by atoms with Crippen LogP contribution in [0.15, 0.2) is 65.8 Å². The largest absolute Gasteiger partial charge is 0.494 e. The van der Waals surface area contributed by atoms with Crippen LogP contribution < -0.4 is 4.74 Å². The maximum absolute atomic E-state index is 13.7. The minimum atomic E-state index is -3.32. The van der Waals surface area contributed by atoms with Gasteiger partial charge >= 0.3 is 0 Å². The lowest BCUT2D eigenvalue weighted by atomic mass is 10.1. The SMILES string of the molecule is Cc1nn(C)c(C)c1CCC(=O)N1CCCCN(C(=O)Cc2ccc(S(C)(=O)=O)cc2)CCn2ccnc2-c2cccc(c2)OCCC1. The number of fused-ring (bicyclic) bond motifs is 4. The third-order valence-corrected chi connectivity index (χ3v) is 10.2. The highest BCUT2D eigenvalue weighted by Gasteiger charge is 2.19. The van der Waals surface area contributed by atoms with E-state index in [9.17, 15) is 18.0 Å². The van der Waals surface area contributed by atoms with Crippen LogP contribution in [0.25, 0.3) is 11.4 Å². The van der Waals surface area contributed by atoms with E-state index in [4.69, 9.17) is 4.74 Å². The van der Waals surface area contributed by atoms with Crippen molar-refractivity contribution < 1.29 is 22.7 Å². The van der Waals surface area contributed by atoms with Gasteiger partial charge in [-0.2, -0.15) is 5.10 Å². The molecule has 0 saturated heterocycles. The lowest BCUT2D eigenvalue weighted by molar-refractivity contribution is -0.132. The molecule has 11 nitrogen and oxygen atoms in total. The van der Waals surface area contributed by atoms with E-state index in [1.54, 1.807) is 30.5 Å². The Morgan fingerprint density at radius 3 is 2.29 bits per heavy atom. The third-order valence-electron chi connectivity index (χ3n) is 9.03. The highest BCUT2D eigenvalue weighted by molar-refractivity contribution is 7.90. The fourth-order valence-corrected chi connectivity index (χ4v) is 6.82. The minimum absolute atomic E-state index is 0.0350. The summed E-state index contributed by atoms with van der Waals surface area (Å²) in [6.07, 6.45) is 8.25. The molecule has 0 spiro atoms. The number of hydrogen-bond donors (Lipinski definition) is 0. The zero-order chi connectivity index (χ0) is 34.3. The van der Waals surface area contributed by atoms with Crippen LogP contribution in [0.4, 0.5) is 0 Å². The van der Waals surface area contributed by atoms with Gasteiger partial charge in [-0.15, -0.1) is 0 Å². The third kappa shape index (κ3) is 8.91. The van der Waals surface area contributed by atoms with E-state index < -0.39 is 9.84 Å². The summed E-state index contributed by atoms with van der Waals surface area (Å²) in [5.41, 5.74) is 4.84. The van der Waals surface area contributed by atoms with E-state index in [1.165, 1.54) is 6.26 Å². The van der Waals surface area contributed by atoms with Gasteiger partial charge in [-0.05, 0) is 74.9 Å². The number of rotatable bonds is 6. The molecule has 256 valence electrons. The molecule has 0 atom stereocenters. The minimum Gasteiger partial charge on any atom is -0.494 e. The normalized spacial score (nSPS) is 15.0. The number of sulfone groups is 1. The van der Waals surface area contributed by atoms with Gasteiger partial charge < -0.3 is 19.1 Å². The maximum Gasteiger partial charge on any atom is 0.227 e. The molecule has 4 aromatic rings. The van der Waals surface area contributed by atoms with Gasteiger partial charge in [-0.1, -0.05) is 24.3 Å². The maximum atomic E-state index is 13.7. The van der Waals surface area contributed by atoms with Crippen LogP contribution >= 0.6 is 0 Å². The van der Waals surface area contributed by atoms with E-state index in [2.05, 4.69) is 10.1 Å². The van der Waals surface area contributed by atoms with Crippen molar-refractivity contribution in [2.45, 2.75) is 63.8 Å². The highest BCUT2D eigenvalue weighted by Crippen LogP contribution is 2.23. The number of aryl methyl sites for hydroxylation is 2. The van der Waals surface area contributed by atoms with E-state index >= 15 is 0 Å². The average Bonchev–Trinajstić information content (AvgIpc) is 3.62. The molecule has 3 heterocycles. The Morgan fingerprint density at radius 2 is 1.60 bits per heavy atom. The molecule has 0 aliphatic carbocycles. The zero-order valence-corrected chi connectivity index (χ0v) is 29.2. The molecule has 0 N–H and O–H groups in total. The topological polar surface area (TPSA) is 120 Å². The highest BCUT2D eigenvalue weighted by atomic mass is 32.2. The molecule has 0 saturated carbocycles. The Kier molecular flexibility index (Phi) is 11.4. The van der Waals surface area contributed by atoms with Crippen LogP contribution in [0.3, 0.4) is 0 Å². The van der Waals surface area contributed by atoms with Crippen LogP contribution in [-0.2, 0) is 45.9 Å². The summed E-state index contributed by atoms with van der Waals surface area (Å²) in [5.74, 6) is 1.61. The molecule has 2 bridgehead atoms. The van der Waals surface area contributed by atoms with E-state index in [-0.39, 0.29) is 23.1 Å². The number of ether oxygens (including phenoxy) is 1. The Hall–Kier alpha value is -4.45. The Balaban J connectivity index is 1.32. The average molecular weight is 675 g/mol. The first-order valence-electron chi connectivity index (χ1n) is 16.6. The van der Waals surface area contributed by atoms with Gasteiger partial charge in [0.25, 0.3) is 0 Å². The number of hydrogen-bond acceptors (Lipinski definition) is 7. The number of carbonyl (C=O) groups is 2. The van der Waals surface area contributed by atoms with Gasteiger partial charge in [0.1, 0.15) is 11.6 Å². The van der Waals surface area contributed by atoms with Gasteiger partial charge in [0.15, 0.2) is 9.84 Å². The molecule has 1 aliphatic heterocycles. The summed E-state index contributed by atoms with van der Waals surface area (Å²) in [5, 5.41) is 4.50. The van der Waals surface area contributed by atoms with Crippen molar-refractivity contribution in [3.8, 4) is 17.1 Å². The van der Waals surface area contributed by atoms with E-state index in [0.717, 1.165) is 52.5 Å². The van der Waals surface area contributed by atoms with Crippen molar-refractivity contribution >= 4 is 21.7 Å². The molecule has 2 aromatic carbocycles. The number of aromatic nitrogens is 4. The van der Waals surface area contributed by atoms with Crippen molar-refractivity contribution in [2.24, 2.45) is 7.05 Å². The van der Waals surface area contributed by atoms with Crippen molar-refractivity contribution in [1.29, 1.82) is 0 Å². The molecule has 12 heteroatoms. The van der Waals surface area contributed by atoms with Crippen LogP contribution in [0, 0.1) is 13.8 Å². The number of carbonyl (C=O) groups excluding carboxylic acids is 2. The van der Waals surface area contributed by atoms with Gasteiger partial charge in [0.2, 0.25) is 11.8 Å². The number of imidazole rings is 1. The summed E-state index contributed by atoms with van der Waals surface area (Å²) in [6, 6.07) is 14.3. The van der Waals surface area contributed by atoms with Gasteiger partial charge in [-0.25, -0.2) is 13.4 Å². The first kappa shape index (κ1) is 34.9. The van der Waals surface area contributed by atoms with Crippen LogP contribution in [0.5, 0.6) is 5.75 Å². The summed E-state index contributed by atoms with van der Waals surface area (Å²) >= 11 is 0.